The van der Waals surface area contributed by atoms with Crippen LogP contribution in [-0.4, -0.2) is 10.9 Å². The highest BCUT2D eigenvalue weighted by molar-refractivity contribution is 9.10. The van der Waals surface area contributed by atoms with Gasteiger partial charge in [0.05, 0.1) is 16.2 Å². The van der Waals surface area contributed by atoms with Crippen molar-refractivity contribution in [3.05, 3.63) is 69.8 Å². The molecule has 0 aliphatic heterocycles. The summed E-state index contributed by atoms with van der Waals surface area (Å²) < 4.78 is 0.859. The first-order chi connectivity index (χ1) is 10.1. The number of carbonyl (C=O) groups excluding carboxylic acids is 1. The number of fused-ring (bicyclic) bond motifs is 1. The normalized spacial score (nSPS) is 10.6. The number of rotatable bonds is 2. The van der Waals surface area contributed by atoms with Crippen molar-refractivity contribution in [2.24, 2.45) is 0 Å². The van der Waals surface area contributed by atoms with Crippen LogP contribution < -0.4 is 5.32 Å². The standard InChI is InChI=1S/C16H10BrClN2O/c17-11-4-1-3-10(9-11)16(21)20-14-7-6-13(18)15-12(14)5-2-8-19-15/h1-9H,(H,20,21). The van der Waals surface area contributed by atoms with Crippen molar-refractivity contribution < 1.29 is 4.79 Å². The molecule has 1 aromatic heterocycles. The number of pyridine rings is 1. The third-order valence-corrected chi connectivity index (χ3v) is 3.85. The molecule has 0 saturated heterocycles. The summed E-state index contributed by atoms with van der Waals surface area (Å²) in [5.74, 6) is -0.177. The summed E-state index contributed by atoms with van der Waals surface area (Å²) in [5, 5.41) is 4.27. The number of anilines is 1. The molecule has 5 heteroatoms. The van der Waals surface area contributed by atoms with Crippen LogP contribution in [0, 0.1) is 0 Å². The van der Waals surface area contributed by atoms with Gasteiger partial charge in [-0.3, -0.25) is 9.78 Å². The summed E-state index contributed by atoms with van der Waals surface area (Å²) in [6, 6.07) is 14.4. The Morgan fingerprint density at radius 1 is 1.14 bits per heavy atom. The van der Waals surface area contributed by atoms with Gasteiger partial charge in [-0.1, -0.05) is 33.6 Å². The molecule has 3 nitrogen and oxygen atoms in total. The van der Waals surface area contributed by atoms with Crippen LogP contribution in [0.5, 0.6) is 0 Å². The van der Waals surface area contributed by atoms with Crippen LogP contribution in [0.15, 0.2) is 59.2 Å². The molecule has 0 atom stereocenters. The van der Waals surface area contributed by atoms with E-state index in [1.54, 1.807) is 30.5 Å². The summed E-state index contributed by atoms with van der Waals surface area (Å²) in [6.07, 6.45) is 1.67. The number of halogens is 2. The maximum atomic E-state index is 12.3. The minimum Gasteiger partial charge on any atom is -0.321 e. The monoisotopic (exact) mass is 360 g/mol. The van der Waals surface area contributed by atoms with E-state index in [1.807, 2.05) is 24.3 Å². The number of carbonyl (C=O) groups is 1. The highest BCUT2D eigenvalue weighted by Gasteiger charge is 2.10. The highest BCUT2D eigenvalue weighted by Crippen LogP contribution is 2.28. The number of hydrogen-bond acceptors (Lipinski definition) is 2. The van der Waals surface area contributed by atoms with Gasteiger partial charge in [-0.15, -0.1) is 0 Å². The van der Waals surface area contributed by atoms with Crippen LogP contribution in [0.2, 0.25) is 5.02 Å². The molecule has 1 N–H and O–H groups in total. The molecule has 3 aromatic rings. The Kier molecular flexibility index (Phi) is 3.90. The van der Waals surface area contributed by atoms with Crippen molar-refractivity contribution in [2.45, 2.75) is 0 Å². The number of nitrogens with one attached hydrogen (secondary N) is 1. The van der Waals surface area contributed by atoms with Gasteiger partial charge in [0.15, 0.2) is 0 Å². The molecule has 104 valence electrons. The zero-order valence-corrected chi connectivity index (χ0v) is 13.1. The van der Waals surface area contributed by atoms with E-state index in [-0.39, 0.29) is 5.91 Å². The van der Waals surface area contributed by atoms with E-state index in [2.05, 4.69) is 26.2 Å². The molecule has 0 radical (unpaired) electrons. The molecule has 0 aliphatic carbocycles. The lowest BCUT2D eigenvalue weighted by Crippen LogP contribution is -2.12. The molecule has 2 aromatic carbocycles. The fourth-order valence-corrected chi connectivity index (χ4v) is 2.68. The molecule has 0 aliphatic rings. The Bertz CT molecular complexity index is 835. The first-order valence-electron chi connectivity index (χ1n) is 6.25. The molecule has 21 heavy (non-hydrogen) atoms. The van der Waals surface area contributed by atoms with Gasteiger partial charge in [0, 0.05) is 21.6 Å². The maximum absolute atomic E-state index is 12.3. The summed E-state index contributed by atoms with van der Waals surface area (Å²) in [5.41, 5.74) is 1.94. The van der Waals surface area contributed by atoms with Crippen molar-refractivity contribution >= 4 is 50.0 Å². The molecule has 0 spiro atoms. The van der Waals surface area contributed by atoms with Gasteiger partial charge in [-0.05, 0) is 42.5 Å². The average molecular weight is 362 g/mol. The summed E-state index contributed by atoms with van der Waals surface area (Å²) in [6.45, 7) is 0. The van der Waals surface area contributed by atoms with E-state index in [4.69, 9.17) is 11.6 Å². The van der Waals surface area contributed by atoms with Crippen molar-refractivity contribution in [3.63, 3.8) is 0 Å². The van der Waals surface area contributed by atoms with Gasteiger partial charge in [-0.25, -0.2) is 0 Å². The lowest BCUT2D eigenvalue weighted by atomic mass is 10.1. The Morgan fingerprint density at radius 3 is 2.81 bits per heavy atom. The molecular weight excluding hydrogens is 352 g/mol. The number of nitrogens with zero attached hydrogens (tertiary/aromatic N) is 1. The number of hydrogen-bond donors (Lipinski definition) is 1. The second-order valence-electron chi connectivity index (χ2n) is 4.46. The smallest absolute Gasteiger partial charge is 0.255 e. The SMILES string of the molecule is O=C(Nc1ccc(Cl)c2ncccc12)c1cccc(Br)c1. The number of amides is 1. The van der Waals surface area contributed by atoms with Crippen molar-refractivity contribution in [3.8, 4) is 0 Å². The summed E-state index contributed by atoms with van der Waals surface area (Å²) in [7, 11) is 0. The Morgan fingerprint density at radius 2 is 2.00 bits per heavy atom. The lowest BCUT2D eigenvalue weighted by molar-refractivity contribution is 0.102. The summed E-state index contributed by atoms with van der Waals surface area (Å²) >= 11 is 9.48. The van der Waals surface area contributed by atoms with Crippen LogP contribution in [-0.2, 0) is 0 Å². The van der Waals surface area contributed by atoms with E-state index in [1.165, 1.54) is 0 Å². The number of benzene rings is 2. The van der Waals surface area contributed by atoms with Crippen LogP contribution in [0.3, 0.4) is 0 Å². The minimum atomic E-state index is -0.177. The van der Waals surface area contributed by atoms with Gasteiger partial charge in [-0.2, -0.15) is 0 Å². The van der Waals surface area contributed by atoms with Crippen LogP contribution in [0.4, 0.5) is 5.69 Å². The van der Waals surface area contributed by atoms with Gasteiger partial charge in [0.25, 0.3) is 5.91 Å². The Balaban J connectivity index is 1.99. The minimum absolute atomic E-state index is 0.177. The van der Waals surface area contributed by atoms with E-state index in [0.29, 0.717) is 21.8 Å². The second kappa shape index (κ2) is 5.84. The Labute approximate surface area is 135 Å². The van der Waals surface area contributed by atoms with Crippen molar-refractivity contribution in [2.75, 3.05) is 5.32 Å². The molecule has 0 saturated carbocycles. The zero-order valence-electron chi connectivity index (χ0n) is 10.8. The fraction of sp³-hybridized carbons (Fsp3) is 0. The largest absolute Gasteiger partial charge is 0.321 e. The third-order valence-electron chi connectivity index (χ3n) is 3.06. The predicted octanol–water partition coefficient (Wildman–Crippen LogP) is 4.90. The van der Waals surface area contributed by atoms with Crippen molar-refractivity contribution in [1.82, 2.24) is 4.98 Å². The van der Waals surface area contributed by atoms with Crippen LogP contribution >= 0.6 is 27.5 Å². The maximum Gasteiger partial charge on any atom is 0.255 e. The average Bonchev–Trinajstić information content (AvgIpc) is 2.50. The predicted molar refractivity (Wildman–Crippen MR) is 88.8 cm³/mol. The van der Waals surface area contributed by atoms with Crippen LogP contribution in [0.25, 0.3) is 10.9 Å². The van der Waals surface area contributed by atoms with Crippen molar-refractivity contribution in [1.29, 1.82) is 0 Å². The zero-order chi connectivity index (χ0) is 14.8. The molecule has 1 heterocycles. The quantitative estimate of drug-likeness (QED) is 0.705. The first kappa shape index (κ1) is 14.0. The summed E-state index contributed by atoms with van der Waals surface area (Å²) in [4.78, 5) is 16.6. The van der Waals surface area contributed by atoms with E-state index >= 15 is 0 Å². The van der Waals surface area contributed by atoms with Crippen LogP contribution in [0.1, 0.15) is 10.4 Å². The highest BCUT2D eigenvalue weighted by atomic mass is 79.9. The Hall–Kier alpha value is -1.91. The third kappa shape index (κ3) is 2.91. The van der Waals surface area contributed by atoms with E-state index < -0.39 is 0 Å². The molecule has 0 fully saturated rings. The fourth-order valence-electron chi connectivity index (χ4n) is 2.07. The van der Waals surface area contributed by atoms with Gasteiger partial charge >= 0.3 is 0 Å². The van der Waals surface area contributed by atoms with Gasteiger partial charge in [0.2, 0.25) is 0 Å². The van der Waals surface area contributed by atoms with E-state index in [9.17, 15) is 4.79 Å². The van der Waals surface area contributed by atoms with E-state index in [0.717, 1.165) is 9.86 Å². The second-order valence-corrected chi connectivity index (χ2v) is 5.78. The number of aromatic nitrogens is 1. The topological polar surface area (TPSA) is 42.0 Å². The van der Waals surface area contributed by atoms with Gasteiger partial charge < -0.3 is 5.32 Å². The molecule has 3 rings (SSSR count). The van der Waals surface area contributed by atoms with Gasteiger partial charge in [0.1, 0.15) is 0 Å². The molecule has 1 amide bonds. The lowest BCUT2D eigenvalue weighted by Gasteiger charge is -2.09. The molecule has 0 unspecified atom stereocenters. The molecular formula is C16H10BrClN2O. The molecule has 0 bridgehead atoms. The first-order valence-corrected chi connectivity index (χ1v) is 7.42.